The van der Waals surface area contributed by atoms with Crippen molar-refractivity contribution in [3.63, 3.8) is 0 Å². The minimum Gasteiger partial charge on any atom is -0.316 e. The van der Waals surface area contributed by atoms with Gasteiger partial charge in [0.05, 0.1) is 15.5 Å². The highest BCUT2D eigenvalue weighted by Gasteiger charge is 2.20. The zero-order valence-electron chi connectivity index (χ0n) is 7.76. The van der Waals surface area contributed by atoms with Gasteiger partial charge >= 0.3 is 0 Å². The summed E-state index contributed by atoms with van der Waals surface area (Å²) in [7, 11) is 2.03. The summed E-state index contributed by atoms with van der Waals surface area (Å²) < 4.78 is 3.31. The first kappa shape index (κ1) is 9.45. The van der Waals surface area contributed by atoms with Crippen molar-refractivity contribution in [3.8, 4) is 0 Å². The number of hydrogen-bond acceptors (Lipinski definition) is 2. The zero-order chi connectivity index (χ0) is 9.26. The van der Waals surface area contributed by atoms with E-state index in [2.05, 4.69) is 33.0 Å². The Kier molecular flexibility index (Phi) is 2.88. The first-order chi connectivity index (χ1) is 6.29. The van der Waals surface area contributed by atoms with E-state index in [-0.39, 0.29) is 0 Å². The SMILES string of the molecule is Cn1ncc(I)c1C1CCCNC1. The van der Waals surface area contributed by atoms with Crippen LogP contribution < -0.4 is 5.32 Å². The van der Waals surface area contributed by atoms with Crippen molar-refractivity contribution in [2.75, 3.05) is 13.1 Å². The average Bonchev–Trinajstić information content (AvgIpc) is 2.48. The molecule has 0 aromatic carbocycles. The summed E-state index contributed by atoms with van der Waals surface area (Å²) in [6, 6.07) is 0. The number of nitrogens with one attached hydrogen (secondary N) is 1. The minimum absolute atomic E-state index is 0.660. The molecule has 72 valence electrons. The topological polar surface area (TPSA) is 29.9 Å². The monoisotopic (exact) mass is 291 g/mol. The van der Waals surface area contributed by atoms with E-state index >= 15 is 0 Å². The van der Waals surface area contributed by atoms with Gasteiger partial charge in [0.25, 0.3) is 0 Å². The summed E-state index contributed by atoms with van der Waals surface area (Å²) in [6.45, 7) is 2.28. The molecule has 1 N–H and O–H groups in total. The number of piperidine rings is 1. The molecule has 0 radical (unpaired) electrons. The van der Waals surface area contributed by atoms with E-state index in [0.717, 1.165) is 6.54 Å². The summed E-state index contributed by atoms with van der Waals surface area (Å²) in [5.41, 5.74) is 1.40. The Hall–Kier alpha value is -0.100. The van der Waals surface area contributed by atoms with Crippen LogP contribution in [0.1, 0.15) is 24.5 Å². The van der Waals surface area contributed by atoms with Crippen molar-refractivity contribution in [1.29, 1.82) is 0 Å². The summed E-state index contributed by atoms with van der Waals surface area (Å²) in [5.74, 6) is 0.660. The van der Waals surface area contributed by atoms with Crippen LogP contribution in [-0.4, -0.2) is 22.9 Å². The largest absolute Gasteiger partial charge is 0.316 e. The van der Waals surface area contributed by atoms with Crippen molar-refractivity contribution < 1.29 is 0 Å². The summed E-state index contributed by atoms with van der Waals surface area (Å²) in [5, 5.41) is 7.71. The summed E-state index contributed by atoms with van der Waals surface area (Å²) in [4.78, 5) is 0. The van der Waals surface area contributed by atoms with Gasteiger partial charge in [-0.2, -0.15) is 5.10 Å². The van der Waals surface area contributed by atoms with Crippen LogP contribution in [0.4, 0.5) is 0 Å². The number of aryl methyl sites for hydroxylation is 1. The fraction of sp³-hybridized carbons (Fsp3) is 0.667. The van der Waals surface area contributed by atoms with Crippen LogP contribution in [0.2, 0.25) is 0 Å². The van der Waals surface area contributed by atoms with E-state index in [4.69, 9.17) is 0 Å². The lowest BCUT2D eigenvalue weighted by molar-refractivity contribution is 0.440. The molecule has 1 aliphatic heterocycles. The molecule has 13 heavy (non-hydrogen) atoms. The molecule has 2 heterocycles. The van der Waals surface area contributed by atoms with Gasteiger partial charge < -0.3 is 5.32 Å². The number of aromatic nitrogens is 2. The van der Waals surface area contributed by atoms with Crippen LogP contribution in [0.5, 0.6) is 0 Å². The Bertz CT molecular complexity index is 270. The van der Waals surface area contributed by atoms with Crippen LogP contribution in [0.15, 0.2) is 6.20 Å². The third-order valence-corrected chi connectivity index (χ3v) is 3.45. The second-order valence-corrected chi connectivity index (χ2v) is 4.71. The van der Waals surface area contributed by atoms with Gasteiger partial charge in [-0.25, -0.2) is 0 Å². The Balaban J connectivity index is 2.22. The highest BCUT2D eigenvalue weighted by Crippen LogP contribution is 2.26. The molecule has 0 spiro atoms. The molecule has 2 rings (SSSR count). The van der Waals surface area contributed by atoms with Crippen molar-refractivity contribution >= 4 is 22.6 Å². The molecular weight excluding hydrogens is 277 g/mol. The van der Waals surface area contributed by atoms with Crippen molar-refractivity contribution in [1.82, 2.24) is 15.1 Å². The molecule has 1 fully saturated rings. The van der Waals surface area contributed by atoms with Gasteiger partial charge in [-0.1, -0.05) is 0 Å². The lowest BCUT2D eigenvalue weighted by Gasteiger charge is -2.23. The lowest BCUT2D eigenvalue weighted by Crippen LogP contribution is -2.29. The van der Waals surface area contributed by atoms with Crippen LogP contribution in [0.25, 0.3) is 0 Å². The summed E-state index contributed by atoms with van der Waals surface area (Å²) >= 11 is 2.37. The molecule has 0 bridgehead atoms. The smallest absolute Gasteiger partial charge is 0.0626 e. The van der Waals surface area contributed by atoms with Gasteiger partial charge in [0.1, 0.15) is 0 Å². The molecule has 0 saturated carbocycles. The Labute approximate surface area is 92.0 Å². The molecule has 0 amide bonds. The quantitative estimate of drug-likeness (QED) is 0.795. The Morgan fingerprint density at radius 3 is 3.08 bits per heavy atom. The molecule has 3 nitrogen and oxygen atoms in total. The predicted molar refractivity (Wildman–Crippen MR) is 60.8 cm³/mol. The number of hydrogen-bond donors (Lipinski definition) is 1. The van der Waals surface area contributed by atoms with Gasteiger partial charge in [0, 0.05) is 19.5 Å². The number of nitrogens with zero attached hydrogens (tertiary/aromatic N) is 2. The standard InChI is InChI=1S/C9H14IN3/c1-13-9(8(10)6-12-13)7-3-2-4-11-5-7/h6-7,11H,2-5H2,1H3. The molecule has 0 aliphatic carbocycles. The van der Waals surface area contributed by atoms with E-state index < -0.39 is 0 Å². The van der Waals surface area contributed by atoms with Gasteiger partial charge in [-0.15, -0.1) is 0 Å². The van der Waals surface area contributed by atoms with Gasteiger partial charge in [0.15, 0.2) is 0 Å². The normalized spacial score (nSPS) is 23.4. The first-order valence-corrected chi connectivity index (χ1v) is 5.75. The number of halogens is 1. The second kappa shape index (κ2) is 3.96. The Morgan fingerprint density at radius 2 is 2.54 bits per heavy atom. The fourth-order valence-electron chi connectivity index (χ4n) is 1.96. The molecular formula is C9H14IN3. The molecule has 1 aliphatic rings. The first-order valence-electron chi connectivity index (χ1n) is 4.67. The van der Waals surface area contributed by atoms with E-state index in [9.17, 15) is 0 Å². The molecule has 4 heteroatoms. The van der Waals surface area contributed by atoms with E-state index in [1.54, 1.807) is 0 Å². The van der Waals surface area contributed by atoms with Crippen LogP contribution >= 0.6 is 22.6 Å². The highest BCUT2D eigenvalue weighted by molar-refractivity contribution is 14.1. The Morgan fingerprint density at radius 1 is 1.69 bits per heavy atom. The van der Waals surface area contributed by atoms with Crippen LogP contribution in [0, 0.1) is 3.57 Å². The van der Waals surface area contributed by atoms with Crippen LogP contribution in [0.3, 0.4) is 0 Å². The van der Waals surface area contributed by atoms with Gasteiger partial charge in [-0.05, 0) is 42.0 Å². The maximum atomic E-state index is 4.27. The second-order valence-electron chi connectivity index (χ2n) is 3.54. The molecule has 1 aromatic rings. The third kappa shape index (κ3) is 1.88. The molecule has 1 atom stereocenters. The minimum atomic E-state index is 0.660. The van der Waals surface area contributed by atoms with Crippen molar-refractivity contribution in [2.45, 2.75) is 18.8 Å². The fourth-order valence-corrected chi connectivity index (χ4v) is 2.88. The van der Waals surface area contributed by atoms with Crippen molar-refractivity contribution in [2.24, 2.45) is 7.05 Å². The van der Waals surface area contributed by atoms with Crippen LogP contribution in [-0.2, 0) is 7.05 Å². The maximum Gasteiger partial charge on any atom is 0.0626 e. The molecule has 1 aromatic heterocycles. The molecule has 1 saturated heterocycles. The predicted octanol–water partition coefficient (Wildman–Crippen LogP) is 1.49. The van der Waals surface area contributed by atoms with E-state index in [1.807, 2.05) is 17.9 Å². The molecule has 1 unspecified atom stereocenters. The maximum absolute atomic E-state index is 4.27. The highest BCUT2D eigenvalue weighted by atomic mass is 127. The van der Waals surface area contributed by atoms with Gasteiger partial charge in [0.2, 0.25) is 0 Å². The average molecular weight is 291 g/mol. The lowest BCUT2D eigenvalue weighted by atomic mass is 9.96. The number of rotatable bonds is 1. The van der Waals surface area contributed by atoms with Gasteiger partial charge in [-0.3, -0.25) is 4.68 Å². The zero-order valence-corrected chi connectivity index (χ0v) is 9.91. The third-order valence-electron chi connectivity index (χ3n) is 2.62. The van der Waals surface area contributed by atoms with Crippen molar-refractivity contribution in [3.05, 3.63) is 15.5 Å². The summed E-state index contributed by atoms with van der Waals surface area (Å²) in [6.07, 6.45) is 4.53. The van der Waals surface area contributed by atoms with E-state index in [1.165, 1.54) is 28.7 Å². The van der Waals surface area contributed by atoms with E-state index in [0.29, 0.717) is 5.92 Å².